The summed E-state index contributed by atoms with van der Waals surface area (Å²) in [5, 5.41) is 4.07. The van der Waals surface area contributed by atoms with E-state index in [9.17, 15) is 0 Å². The van der Waals surface area contributed by atoms with Crippen LogP contribution in [0.2, 0.25) is 5.15 Å². The van der Waals surface area contributed by atoms with E-state index in [0.29, 0.717) is 17.0 Å². The predicted octanol–water partition coefficient (Wildman–Crippen LogP) is 3.90. The monoisotopic (exact) mass is 297 g/mol. The zero-order valence-electron chi connectivity index (χ0n) is 12.8. The van der Waals surface area contributed by atoms with Gasteiger partial charge in [-0.15, -0.1) is 0 Å². The van der Waals surface area contributed by atoms with Crippen molar-refractivity contribution in [1.29, 1.82) is 0 Å². The summed E-state index contributed by atoms with van der Waals surface area (Å²) in [5.41, 5.74) is 0.928. The Labute approximate surface area is 126 Å². The van der Waals surface area contributed by atoms with E-state index in [1.807, 2.05) is 13.8 Å². The summed E-state index contributed by atoms with van der Waals surface area (Å²) in [6, 6.07) is 0.382. The number of nitrogens with zero attached hydrogens (tertiary/aromatic N) is 2. The van der Waals surface area contributed by atoms with Crippen molar-refractivity contribution in [2.75, 3.05) is 11.9 Å². The van der Waals surface area contributed by atoms with Gasteiger partial charge in [0.1, 0.15) is 16.8 Å². The van der Waals surface area contributed by atoms with E-state index in [2.05, 4.69) is 29.1 Å². The van der Waals surface area contributed by atoms with Gasteiger partial charge in [-0.3, -0.25) is 0 Å². The SMILES string of the molecule is CCC1(CC)CC(Nc2nc(C)nc(Cl)c2C)CCO1. The zero-order valence-corrected chi connectivity index (χ0v) is 13.5. The van der Waals surface area contributed by atoms with Gasteiger partial charge in [0.05, 0.1) is 5.60 Å². The van der Waals surface area contributed by atoms with E-state index < -0.39 is 0 Å². The van der Waals surface area contributed by atoms with Crippen LogP contribution in [0, 0.1) is 13.8 Å². The quantitative estimate of drug-likeness (QED) is 0.856. The van der Waals surface area contributed by atoms with Gasteiger partial charge in [0.2, 0.25) is 0 Å². The van der Waals surface area contributed by atoms with Crippen LogP contribution in [-0.4, -0.2) is 28.2 Å². The fourth-order valence-corrected chi connectivity index (χ4v) is 3.03. The van der Waals surface area contributed by atoms with Gasteiger partial charge in [-0.2, -0.15) is 0 Å². The number of hydrogen-bond acceptors (Lipinski definition) is 4. The molecule has 1 aromatic heterocycles. The molecule has 2 heterocycles. The molecule has 1 aromatic rings. The second-order valence-electron chi connectivity index (χ2n) is 5.61. The average Bonchev–Trinajstić information content (AvgIpc) is 2.44. The van der Waals surface area contributed by atoms with Crippen molar-refractivity contribution in [3.63, 3.8) is 0 Å². The summed E-state index contributed by atoms with van der Waals surface area (Å²) in [5.74, 6) is 1.56. The highest BCUT2D eigenvalue weighted by Gasteiger charge is 2.34. The van der Waals surface area contributed by atoms with Crippen molar-refractivity contribution < 1.29 is 4.74 Å². The molecule has 0 radical (unpaired) electrons. The maximum absolute atomic E-state index is 6.13. The lowest BCUT2D eigenvalue weighted by molar-refractivity contribution is -0.0864. The lowest BCUT2D eigenvalue weighted by Gasteiger charge is -2.40. The number of rotatable bonds is 4. The van der Waals surface area contributed by atoms with Crippen LogP contribution in [0.3, 0.4) is 0 Å². The van der Waals surface area contributed by atoms with Crippen LogP contribution in [-0.2, 0) is 4.74 Å². The number of halogens is 1. The molecule has 0 spiro atoms. The summed E-state index contributed by atoms with van der Waals surface area (Å²) >= 11 is 6.13. The molecule has 0 amide bonds. The van der Waals surface area contributed by atoms with Crippen LogP contribution in [0.4, 0.5) is 5.82 Å². The molecule has 1 saturated heterocycles. The lowest BCUT2D eigenvalue weighted by atomic mass is 9.86. The van der Waals surface area contributed by atoms with E-state index in [1.54, 1.807) is 0 Å². The molecule has 1 N–H and O–H groups in total. The Hall–Kier alpha value is -0.870. The van der Waals surface area contributed by atoms with Crippen molar-refractivity contribution in [2.24, 2.45) is 0 Å². The Morgan fingerprint density at radius 2 is 2.00 bits per heavy atom. The minimum atomic E-state index is 0.00961. The second kappa shape index (κ2) is 6.27. The number of aromatic nitrogens is 2. The van der Waals surface area contributed by atoms with Crippen molar-refractivity contribution in [1.82, 2.24) is 9.97 Å². The Balaban J connectivity index is 2.14. The second-order valence-corrected chi connectivity index (χ2v) is 5.97. The third-order valence-corrected chi connectivity index (χ3v) is 4.69. The average molecular weight is 298 g/mol. The van der Waals surface area contributed by atoms with E-state index >= 15 is 0 Å². The third-order valence-electron chi connectivity index (χ3n) is 4.32. The van der Waals surface area contributed by atoms with Crippen molar-refractivity contribution in [2.45, 2.75) is 65.0 Å². The summed E-state index contributed by atoms with van der Waals surface area (Å²) in [6.45, 7) is 9.01. The van der Waals surface area contributed by atoms with Crippen LogP contribution in [0.15, 0.2) is 0 Å². The fraction of sp³-hybridized carbons (Fsp3) is 0.733. The Morgan fingerprint density at radius 3 is 2.65 bits per heavy atom. The summed E-state index contributed by atoms with van der Waals surface area (Å²) < 4.78 is 6.01. The number of ether oxygens (including phenoxy) is 1. The van der Waals surface area contributed by atoms with Crippen LogP contribution < -0.4 is 5.32 Å². The molecule has 1 fully saturated rings. The molecule has 0 saturated carbocycles. The lowest BCUT2D eigenvalue weighted by Crippen LogP contribution is -2.43. The molecule has 112 valence electrons. The molecule has 20 heavy (non-hydrogen) atoms. The van der Waals surface area contributed by atoms with E-state index in [0.717, 1.165) is 43.7 Å². The van der Waals surface area contributed by atoms with Crippen LogP contribution >= 0.6 is 11.6 Å². The Bertz CT molecular complexity index is 474. The van der Waals surface area contributed by atoms with Crippen molar-refractivity contribution in [3.05, 3.63) is 16.5 Å². The molecule has 1 aliphatic rings. The van der Waals surface area contributed by atoms with Gasteiger partial charge < -0.3 is 10.1 Å². The zero-order chi connectivity index (χ0) is 14.8. The molecule has 4 nitrogen and oxygen atoms in total. The van der Waals surface area contributed by atoms with E-state index in [-0.39, 0.29) is 5.60 Å². The number of nitrogens with one attached hydrogen (secondary N) is 1. The molecular weight excluding hydrogens is 274 g/mol. The van der Waals surface area contributed by atoms with Crippen LogP contribution in [0.25, 0.3) is 0 Å². The smallest absolute Gasteiger partial charge is 0.137 e. The summed E-state index contributed by atoms with van der Waals surface area (Å²) in [7, 11) is 0. The van der Waals surface area contributed by atoms with Gasteiger partial charge in [-0.05, 0) is 39.5 Å². The Kier molecular flexibility index (Phi) is 4.86. The van der Waals surface area contributed by atoms with E-state index in [1.165, 1.54) is 0 Å². The first kappa shape index (κ1) is 15.5. The predicted molar refractivity (Wildman–Crippen MR) is 82.4 cm³/mol. The molecule has 0 aromatic carbocycles. The highest BCUT2D eigenvalue weighted by molar-refractivity contribution is 6.30. The third kappa shape index (κ3) is 3.23. The van der Waals surface area contributed by atoms with Gasteiger partial charge in [-0.25, -0.2) is 9.97 Å². The van der Waals surface area contributed by atoms with Crippen LogP contribution in [0.1, 0.15) is 50.9 Å². The minimum Gasteiger partial charge on any atom is -0.375 e. The van der Waals surface area contributed by atoms with Crippen molar-refractivity contribution in [3.8, 4) is 0 Å². The molecule has 2 rings (SSSR count). The first-order valence-corrected chi connectivity index (χ1v) is 7.78. The van der Waals surface area contributed by atoms with Gasteiger partial charge in [0, 0.05) is 18.2 Å². The molecule has 1 unspecified atom stereocenters. The number of hydrogen-bond donors (Lipinski definition) is 1. The Morgan fingerprint density at radius 1 is 1.30 bits per heavy atom. The maximum atomic E-state index is 6.13. The van der Waals surface area contributed by atoms with E-state index in [4.69, 9.17) is 16.3 Å². The molecular formula is C15H24ClN3O. The first-order valence-electron chi connectivity index (χ1n) is 7.41. The van der Waals surface area contributed by atoms with Gasteiger partial charge in [0.15, 0.2) is 0 Å². The summed E-state index contributed by atoms with van der Waals surface area (Å²) in [6.07, 6.45) is 4.11. The maximum Gasteiger partial charge on any atom is 0.137 e. The molecule has 1 atom stereocenters. The molecule has 0 aliphatic carbocycles. The largest absolute Gasteiger partial charge is 0.375 e. The highest BCUT2D eigenvalue weighted by atomic mass is 35.5. The highest BCUT2D eigenvalue weighted by Crippen LogP contribution is 2.33. The normalized spacial score (nSPS) is 21.8. The van der Waals surface area contributed by atoms with Gasteiger partial charge in [-0.1, -0.05) is 25.4 Å². The van der Waals surface area contributed by atoms with Crippen LogP contribution in [0.5, 0.6) is 0 Å². The fourth-order valence-electron chi connectivity index (χ4n) is 2.82. The topological polar surface area (TPSA) is 47.0 Å². The minimum absolute atomic E-state index is 0.00961. The summed E-state index contributed by atoms with van der Waals surface area (Å²) in [4.78, 5) is 8.66. The number of aryl methyl sites for hydroxylation is 1. The molecule has 5 heteroatoms. The standard InChI is InChI=1S/C15H24ClN3O/c1-5-15(6-2)9-12(7-8-20-15)19-14-10(3)13(16)17-11(4)18-14/h12H,5-9H2,1-4H3,(H,17,18,19). The molecule has 0 bridgehead atoms. The van der Waals surface area contributed by atoms with Gasteiger partial charge in [0.25, 0.3) is 0 Å². The first-order chi connectivity index (χ1) is 9.49. The number of anilines is 1. The van der Waals surface area contributed by atoms with Crippen molar-refractivity contribution >= 4 is 17.4 Å². The molecule has 1 aliphatic heterocycles. The van der Waals surface area contributed by atoms with Gasteiger partial charge >= 0.3 is 0 Å².